The number of rotatable bonds is 10. The predicted octanol–water partition coefficient (Wildman–Crippen LogP) is 5.12. The Labute approximate surface area is 169 Å². The molecule has 0 unspecified atom stereocenters. The number of benzene rings is 2. The highest BCUT2D eigenvalue weighted by atomic mass is 35.5. The molecule has 0 saturated carbocycles. The van der Waals surface area contributed by atoms with Crippen LogP contribution in [0, 0.1) is 0 Å². The van der Waals surface area contributed by atoms with Crippen LogP contribution < -0.4 is 0 Å². The van der Waals surface area contributed by atoms with Crippen molar-refractivity contribution in [3.05, 3.63) is 70.8 Å². The van der Waals surface area contributed by atoms with Crippen molar-refractivity contribution < 1.29 is 19.1 Å². The van der Waals surface area contributed by atoms with E-state index in [2.05, 4.69) is 0 Å². The van der Waals surface area contributed by atoms with Crippen molar-refractivity contribution in [3.63, 3.8) is 0 Å². The zero-order valence-corrected chi connectivity index (χ0v) is 16.5. The summed E-state index contributed by atoms with van der Waals surface area (Å²) >= 11 is 11.5. The van der Waals surface area contributed by atoms with E-state index in [0.717, 1.165) is 22.3 Å². The third kappa shape index (κ3) is 8.02. The van der Waals surface area contributed by atoms with Gasteiger partial charge in [-0.2, -0.15) is 0 Å². The fraction of sp³-hybridized carbons (Fsp3) is 0.333. The van der Waals surface area contributed by atoms with Crippen molar-refractivity contribution in [2.24, 2.45) is 0 Å². The van der Waals surface area contributed by atoms with Crippen LogP contribution >= 0.6 is 23.2 Å². The minimum absolute atomic E-state index is 0.180. The van der Waals surface area contributed by atoms with Gasteiger partial charge in [0.05, 0.1) is 0 Å². The van der Waals surface area contributed by atoms with E-state index in [-0.39, 0.29) is 38.0 Å². The normalized spacial score (nSPS) is 10.4. The van der Waals surface area contributed by atoms with Gasteiger partial charge in [0.15, 0.2) is 0 Å². The van der Waals surface area contributed by atoms with Crippen molar-refractivity contribution in [3.8, 4) is 0 Å². The minimum Gasteiger partial charge on any atom is -0.461 e. The molecular formula is C21H22Cl2O4. The van der Waals surface area contributed by atoms with Gasteiger partial charge in [-0.15, -0.1) is 23.2 Å². The molecule has 0 bridgehead atoms. The lowest BCUT2D eigenvalue weighted by Crippen LogP contribution is -2.08. The van der Waals surface area contributed by atoms with E-state index in [9.17, 15) is 9.59 Å². The second-order valence-corrected chi connectivity index (χ2v) is 6.61. The number of hydrogen-bond acceptors (Lipinski definition) is 4. The van der Waals surface area contributed by atoms with Crippen LogP contribution in [0.15, 0.2) is 48.5 Å². The third-order valence-corrected chi connectivity index (χ3v) is 4.53. The van der Waals surface area contributed by atoms with E-state index in [1.54, 1.807) is 0 Å². The first kappa shape index (κ1) is 21.3. The molecule has 2 aromatic carbocycles. The summed E-state index contributed by atoms with van der Waals surface area (Å²) in [4.78, 5) is 23.5. The first-order valence-electron chi connectivity index (χ1n) is 8.69. The van der Waals surface area contributed by atoms with Gasteiger partial charge in [-0.25, -0.2) is 0 Å². The molecule has 0 N–H and O–H groups in total. The number of hydrogen-bond donors (Lipinski definition) is 0. The molecule has 0 saturated heterocycles. The molecule has 0 aliphatic heterocycles. The van der Waals surface area contributed by atoms with Gasteiger partial charge < -0.3 is 9.47 Å². The molecule has 0 atom stereocenters. The smallest absolute Gasteiger partial charge is 0.306 e. The van der Waals surface area contributed by atoms with Gasteiger partial charge in [-0.1, -0.05) is 48.5 Å². The number of carbonyl (C=O) groups is 2. The van der Waals surface area contributed by atoms with Gasteiger partial charge >= 0.3 is 11.9 Å². The molecule has 2 aromatic rings. The Morgan fingerprint density at radius 3 is 1.30 bits per heavy atom. The Bertz CT molecular complexity index is 663. The molecule has 0 spiro atoms. The standard InChI is InChI=1S/C21H22Cl2O4/c22-12-16-4-8-18(9-5-16)14-26-20(24)2-1-3-21(25)27-15-19-10-6-17(13-23)7-11-19/h4-11H,1-3,12-15H2. The van der Waals surface area contributed by atoms with Crippen molar-refractivity contribution in [2.75, 3.05) is 0 Å². The lowest BCUT2D eigenvalue weighted by atomic mass is 10.1. The molecule has 144 valence electrons. The highest BCUT2D eigenvalue weighted by molar-refractivity contribution is 6.17. The van der Waals surface area contributed by atoms with Gasteiger partial charge in [0.1, 0.15) is 13.2 Å². The summed E-state index contributed by atoms with van der Waals surface area (Å²) in [6.45, 7) is 0.425. The van der Waals surface area contributed by atoms with Gasteiger partial charge in [0, 0.05) is 24.6 Å². The van der Waals surface area contributed by atoms with Crippen molar-refractivity contribution in [2.45, 2.75) is 44.2 Å². The van der Waals surface area contributed by atoms with Crippen LogP contribution in [-0.2, 0) is 44.0 Å². The van der Waals surface area contributed by atoms with Crippen LogP contribution in [0.1, 0.15) is 41.5 Å². The Kier molecular flexibility index (Phi) is 9.16. The van der Waals surface area contributed by atoms with Gasteiger partial charge in [-0.3, -0.25) is 9.59 Å². The Balaban J connectivity index is 1.59. The number of halogens is 2. The summed E-state index contributed by atoms with van der Waals surface area (Å²) in [5.41, 5.74) is 3.83. The maximum Gasteiger partial charge on any atom is 0.306 e. The molecule has 27 heavy (non-hydrogen) atoms. The maximum atomic E-state index is 11.8. The minimum atomic E-state index is -0.333. The molecule has 0 radical (unpaired) electrons. The highest BCUT2D eigenvalue weighted by Crippen LogP contribution is 2.10. The monoisotopic (exact) mass is 408 g/mol. The summed E-state index contributed by atoms with van der Waals surface area (Å²) in [5.74, 6) is 0.242. The van der Waals surface area contributed by atoms with E-state index in [0.29, 0.717) is 18.2 Å². The summed E-state index contributed by atoms with van der Waals surface area (Å²) in [6, 6.07) is 15.1. The Hall–Kier alpha value is -2.04. The largest absolute Gasteiger partial charge is 0.461 e. The lowest BCUT2D eigenvalue weighted by molar-refractivity contribution is -0.146. The number of alkyl halides is 2. The predicted molar refractivity (Wildman–Crippen MR) is 105 cm³/mol. The van der Waals surface area contributed by atoms with Gasteiger partial charge in [0.25, 0.3) is 0 Å². The lowest BCUT2D eigenvalue weighted by Gasteiger charge is -2.07. The fourth-order valence-corrected chi connectivity index (χ4v) is 2.65. The zero-order chi connectivity index (χ0) is 19.5. The molecule has 6 heteroatoms. The quantitative estimate of drug-likeness (QED) is 0.404. The first-order valence-corrected chi connectivity index (χ1v) is 9.76. The molecule has 0 heterocycles. The second kappa shape index (κ2) is 11.6. The summed E-state index contributed by atoms with van der Waals surface area (Å²) < 4.78 is 10.4. The van der Waals surface area contributed by atoms with Crippen LogP contribution in [0.4, 0.5) is 0 Å². The number of carbonyl (C=O) groups excluding carboxylic acids is 2. The van der Waals surface area contributed by atoms with E-state index >= 15 is 0 Å². The van der Waals surface area contributed by atoms with Crippen molar-refractivity contribution in [1.82, 2.24) is 0 Å². The van der Waals surface area contributed by atoms with E-state index < -0.39 is 0 Å². The van der Waals surface area contributed by atoms with Gasteiger partial charge in [0.2, 0.25) is 0 Å². The topological polar surface area (TPSA) is 52.6 Å². The fourth-order valence-electron chi connectivity index (χ4n) is 2.30. The summed E-state index contributed by atoms with van der Waals surface area (Å²) in [7, 11) is 0. The van der Waals surface area contributed by atoms with E-state index in [4.69, 9.17) is 32.7 Å². The average molecular weight is 409 g/mol. The molecule has 0 aliphatic carbocycles. The van der Waals surface area contributed by atoms with Crippen molar-refractivity contribution >= 4 is 35.1 Å². The number of ether oxygens (including phenoxy) is 2. The highest BCUT2D eigenvalue weighted by Gasteiger charge is 2.08. The van der Waals surface area contributed by atoms with Crippen LogP contribution in [0.2, 0.25) is 0 Å². The second-order valence-electron chi connectivity index (χ2n) is 6.08. The molecule has 0 aromatic heterocycles. The van der Waals surface area contributed by atoms with Gasteiger partial charge in [-0.05, 0) is 28.7 Å². The Morgan fingerprint density at radius 1 is 0.630 bits per heavy atom. The van der Waals surface area contributed by atoms with Crippen molar-refractivity contribution in [1.29, 1.82) is 0 Å². The molecule has 2 rings (SSSR count). The Morgan fingerprint density at radius 2 is 0.963 bits per heavy atom. The SMILES string of the molecule is O=C(CCCC(=O)OCc1ccc(CCl)cc1)OCc1ccc(CCl)cc1. The summed E-state index contributed by atoms with van der Waals surface area (Å²) in [5, 5.41) is 0. The van der Waals surface area contributed by atoms with Crippen LogP contribution in [-0.4, -0.2) is 11.9 Å². The van der Waals surface area contributed by atoms with Crippen LogP contribution in [0.5, 0.6) is 0 Å². The summed E-state index contributed by atoms with van der Waals surface area (Å²) in [6.07, 6.45) is 0.757. The van der Waals surface area contributed by atoms with E-state index in [1.807, 2.05) is 48.5 Å². The molecular weight excluding hydrogens is 387 g/mol. The molecule has 0 amide bonds. The molecule has 0 aliphatic rings. The maximum absolute atomic E-state index is 11.8. The van der Waals surface area contributed by atoms with E-state index in [1.165, 1.54) is 0 Å². The number of esters is 2. The average Bonchev–Trinajstić information content (AvgIpc) is 2.71. The zero-order valence-electron chi connectivity index (χ0n) is 15.0. The molecule has 0 fully saturated rings. The molecule has 4 nitrogen and oxygen atoms in total. The third-order valence-electron chi connectivity index (χ3n) is 3.92. The van der Waals surface area contributed by atoms with Crippen LogP contribution in [0.25, 0.3) is 0 Å². The first-order chi connectivity index (χ1) is 13.1. The van der Waals surface area contributed by atoms with Crippen LogP contribution in [0.3, 0.4) is 0 Å².